The van der Waals surface area contributed by atoms with Gasteiger partial charge in [-0.1, -0.05) is 0 Å². The second-order valence-electron chi connectivity index (χ2n) is 1.71. The quantitative estimate of drug-likeness (QED) is 0.523. The third kappa shape index (κ3) is 0.806. The van der Waals surface area contributed by atoms with Crippen LogP contribution in [0.2, 0.25) is 0 Å². The van der Waals surface area contributed by atoms with Crippen LogP contribution in [0, 0.1) is 0 Å². The van der Waals surface area contributed by atoms with Crippen LogP contribution in [-0.4, -0.2) is 17.9 Å². The van der Waals surface area contributed by atoms with Crippen molar-refractivity contribution in [2.24, 2.45) is 0 Å². The lowest BCUT2D eigenvalue weighted by atomic mass is 10.3. The summed E-state index contributed by atoms with van der Waals surface area (Å²) in [6, 6.07) is 0. The zero-order valence-electron chi connectivity index (χ0n) is 5.01. The normalized spacial score (nSPS) is 17.2. The zero-order valence-corrected chi connectivity index (χ0v) is 5.01. The fourth-order valence-corrected chi connectivity index (χ4v) is 0.699. The molecule has 48 valence electrons. The zero-order chi connectivity index (χ0) is 6.85. The van der Waals surface area contributed by atoms with Crippen LogP contribution < -0.4 is 5.32 Å². The Morgan fingerprint density at radius 2 is 2.22 bits per heavy atom. The van der Waals surface area contributed by atoms with E-state index in [1.807, 2.05) is 0 Å². The first-order chi connectivity index (χ1) is 4.25. The minimum atomic E-state index is -0.171. The van der Waals surface area contributed by atoms with Gasteiger partial charge in [0.15, 0.2) is 0 Å². The van der Waals surface area contributed by atoms with Crippen LogP contribution in [0.15, 0.2) is 23.6 Å². The van der Waals surface area contributed by atoms with Gasteiger partial charge in [0.05, 0.1) is 0 Å². The lowest BCUT2D eigenvalue weighted by molar-refractivity contribution is -0.111. The summed E-state index contributed by atoms with van der Waals surface area (Å²) in [5, 5.41) is 11.4. The standard InChI is InChI=1S/C6H7NO2/c1-7-6-4(8)2-3-5(6)9/h2-3H,1H3,(H2,7,8,9). The van der Waals surface area contributed by atoms with E-state index in [4.69, 9.17) is 5.11 Å². The highest BCUT2D eigenvalue weighted by molar-refractivity contribution is 6.06. The monoisotopic (exact) mass is 125 g/mol. The van der Waals surface area contributed by atoms with Gasteiger partial charge in [0.2, 0.25) is 5.78 Å². The Morgan fingerprint density at radius 1 is 1.56 bits per heavy atom. The molecule has 0 aromatic heterocycles. The molecule has 0 spiro atoms. The van der Waals surface area contributed by atoms with Gasteiger partial charge in [-0.2, -0.15) is 0 Å². The largest absolute Gasteiger partial charge is 0.506 e. The van der Waals surface area contributed by atoms with Gasteiger partial charge in [0, 0.05) is 7.05 Å². The van der Waals surface area contributed by atoms with E-state index in [0.29, 0.717) is 0 Å². The lowest BCUT2D eigenvalue weighted by Gasteiger charge is -1.96. The van der Waals surface area contributed by atoms with E-state index in [0.717, 1.165) is 0 Å². The van der Waals surface area contributed by atoms with Crippen LogP contribution in [0.1, 0.15) is 0 Å². The number of rotatable bonds is 1. The molecule has 9 heavy (non-hydrogen) atoms. The number of carbonyl (C=O) groups is 1. The molecule has 1 aliphatic carbocycles. The Bertz CT molecular complexity index is 203. The molecule has 1 rings (SSSR count). The first kappa shape index (κ1) is 5.88. The van der Waals surface area contributed by atoms with E-state index < -0.39 is 0 Å². The van der Waals surface area contributed by atoms with Gasteiger partial charge >= 0.3 is 0 Å². The van der Waals surface area contributed by atoms with E-state index in [1.165, 1.54) is 12.2 Å². The first-order valence-electron chi connectivity index (χ1n) is 2.59. The van der Waals surface area contributed by atoms with Gasteiger partial charge in [-0.15, -0.1) is 0 Å². The molecule has 0 saturated carbocycles. The maximum atomic E-state index is 10.6. The Balaban J connectivity index is 2.92. The van der Waals surface area contributed by atoms with Gasteiger partial charge in [-0.25, -0.2) is 0 Å². The minimum Gasteiger partial charge on any atom is -0.506 e. The predicted molar refractivity (Wildman–Crippen MR) is 32.9 cm³/mol. The molecule has 1 aliphatic rings. The van der Waals surface area contributed by atoms with E-state index in [1.54, 1.807) is 7.05 Å². The van der Waals surface area contributed by atoms with Crippen molar-refractivity contribution in [1.82, 2.24) is 5.32 Å². The van der Waals surface area contributed by atoms with Crippen LogP contribution in [0.4, 0.5) is 0 Å². The van der Waals surface area contributed by atoms with Crippen molar-refractivity contribution in [3.63, 3.8) is 0 Å². The number of likely N-dealkylation sites (N-methyl/N-ethyl adjacent to an activating group) is 1. The van der Waals surface area contributed by atoms with Crippen LogP contribution in [-0.2, 0) is 4.79 Å². The lowest BCUT2D eigenvalue weighted by Crippen LogP contribution is -2.13. The summed E-state index contributed by atoms with van der Waals surface area (Å²) in [7, 11) is 1.59. The SMILES string of the molecule is CNC1=C(O)C=CC1=O. The molecule has 0 aromatic carbocycles. The first-order valence-corrected chi connectivity index (χ1v) is 2.59. The van der Waals surface area contributed by atoms with Crippen LogP contribution in [0.3, 0.4) is 0 Å². The van der Waals surface area contributed by atoms with Gasteiger partial charge in [-0.05, 0) is 12.2 Å². The highest BCUT2D eigenvalue weighted by Gasteiger charge is 2.14. The van der Waals surface area contributed by atoms with E-state index in [-0.39, 0.29) is 17.2 Å². The van der Waals surface area contributed by atoms with Crippen LogP contribution in [0.25, 0.3) is 0 Å². The highest BCUT2D eigenvalue weighted by Crippen LogP contribution is 2.08. The van der Waals surface area contributed by atoms with Crippen molar-refractivity contribution in [3.05, 3.63) is 23.6 Å². The third-order valence-corrected chi connectivity index (χ3v) is 1.15. The number of hydrogen-bond donors (Lipinski definition) is 2. The molecule has 0 radical (unpaired) electrons. The Morgan fingerprint density at radius 3 is 2.44 bits per heavy atom. The summed E-state index contributed by atoms with van der Waals surface area (Å²) in [5.74, 6) is -0.155. The van der Waals surface area contributed by atoms with Crippen molar-refractivity contribution >= 4 is 5.78 Å². The molecule has 0 unspecified atom stereocenters. The number of aliphatic hydroxyl groups excluding tert-OH is 1. The predicted octanol–water partition coefficient (Wildman–Crippen LogP) is 0.114. The highest BCUT2D eigenvalue weighted by atomic mass is 16.3. The molecule has 0 fully saturated rings. The molecular weight excluding hydrogens is 118 g/mol. The maximum absolute atomic E-state index is 10.6. The number of hydrogen-bond acceptors (Lipinski definition) is 3. The van der Waals surface area contributed by atoms with Crippen molar-refractivity contribution in [3.8, 4) is 0 Å². The fraction of sp³-hybridized carbons (Fsp3) is 0.167. The van der Waals surface area contributed by atoms with E-state index in [2.05, 4.69) is 5.32 Å². The average molecular weight is 125 g/mol. The summed E-state index contributed by atoms with van der Waals surface area (Å²) in [6.07, 6.45) is 2.69. The topological polar surface area (TPSA) is 49.3 Å². The van der Waals surface area contributed by atoms with Crippen molar-refractivity contribution in [1.29, 1.82) is 0 Å². The van der Waals surface area contributed by atoms with Crippen molar-refractivity contribution < 1.29 is 9.90 Å². The Hall–Kier alpha value is -1.25. The molecule has 0 atom stereocenters. The number of aliphatic hydroxyl groups is 1. The van der Waals surface area contributed by atoms with Gasteiger partial charge in [0.1, 0.15) is 11.5 Å². The molecule has 0 heterocycles. The summed E-state index contributed by atoms with van der Waals surface area (Å²) < 4.78 is 0. The molecule has 3 heteroatoms. The second kappa shape index (κ2) is 1.93. The number of allylic oxidation sites excluding steroid dienone is 2. The Labute approximate surface area is 52.7 Å². The summed E-state index contributed by atoms with van der Waals surface area (Å²) >= 11 is 0. The van der Waals surface area contributed by atoms with Crippen LogP contribution >= 0.6 is 0 Å². The van der Waals surface area contributed by atoms with E-state index in [9.17, 15) is 4.79 Å². The molecule has 0 aromatic rings. The fourth-order valence-electron chi connectivity index (χ4n) is 0.699. The molecule has 0 aliphatic heterocycles. The molecular formula is C6H7NO2. The molecule has 3 nitrogen and oxygen atoms in total. The molecule has 2 N–H and O–H groups in total. The van der Waals surface area contributed by atoms with Crippen LogP contribution in [0.5, 0.6) is 0 Å². The second-order valence-corrected chi connectivity index (χ2v) is 1.71. The van der Waals surface area contributed by atoms with Crippen molar-refractivity contribution in [2.45, 2.75) is 0 Å². The number of carbonyl (C=O) groups excluding carboxylic acids is 1. The van der Waals surface area contributed by atoms with Crippen molar-refractivity contribution in [2.75, 3.05) is 7.05 Å². The van der Waals surface area contributed by atoms with Gasteiger partial charge in [0.25, 0.3) is 0 Å². The molecule has 0 amide bonds. The number of ketones is 1. The summed E-state index contributed by atoms with van der Waals surface area (Å²) in [5.41, 5.74) is 0.273. The summed E-state index contributed by atoms with van der Waals surface area (Å²) in [4.78, 5) is 10.6. The van der Waals surface area contributed by atoms with Gasteiger partial charge < -0.3 is 10.4 Å². The average Bonchev–Trinajstić information content (AvgIpc) is 2.12. The summed E-state index contributed by atoms with van der Waals surface area (Å²) in [6.45, 7) is 0. The molecule has 0 bridgehead atoms. The molecule has 0 saturated heterocycles. The van der Waals surface area contributed by atoms with Gasteiger partial charge in [-0.3, -0.25) is 4.79 Å². The Kier molecular flexibility index (Phi) is 1.26. The minimum absolute atomic E-state index is 0.0162. The maximum Gasteiger partial charge on any atom is 0.205 e. The van der Waals surface area contributed by atoms with E-state index >= 15 is 0 Å². The third-order valence-electron chi connectivity index (χ3n) is 1.15. The smallest absolute Gasteiger partial charge is 0.205 e. The number of nitrogens with one attached hydrogen (secondary N) is 1.